The summed E-state index contributed by atoms with van der Waals surface area (Å²) in [7, 11) is 0. The Morgan fingerprint density at radius 3 is 1.96 bits per heavy atom. The summed E-state index contributed by atoms with van der Waals surface area (Å²) in [6.45, 7) is 7.00. The van der Waals surface area contributed by atoms with E-state index in [2.05, 4.69) is 4.89 Å². The van der Waals surface area contributed by atoms with Gasteiger partial charge in [0, 0.05) is 6.92 Å². The maximum Gasteiger partial charge on any atom is 0.358 e. The molecule has 0 saturated carbocycles. The molecule has 2 aromatic carbocycles. The van der Waals surface area contributed by atoms with Crippen LogP contribution in [0.1, 0.15) is 45.8 Å². The molecule has 2 rings (SSSR count). The van der Waals surface area contributed by atoms with Gasteiger partial charge in [0.25, 0.3) is 0 Å². The molecule has 0 bridgehead atoms. The average Bonchev–Trinajstić information content (AvgIpc) is 2.67. The molecule has 5 heteroatoms. The number of ether oxygens (including phenoxy) is 1. The number of hydrogen-bond donors (Lipinski definition) is 0. The lowest BCUT2D eigenvalue weighted by atomic mass is 10.1. The van der Waals surface area contributed by atoms with Crippen molar-refractivity contribution in [2.24, 2.45) is 5.92 Å². The normalized spacial score (nSPS) is 12.0. The monoisotopic (exact) mass is 358 g/mol. The summed E-state index contributed by atoms with van der Waals surface area (Å²) in [5.74, 6) is -0.175. The highest BCUT2D eigenvalue weighted by atomic mass is 17.2. The molecular formula is C21H26O5. The molecule has 0 fully saturated rings. The standard InChI is InChI=1S/C11H14O3.C10H12O2/c1-3-9(2)11(12)14-13-10-7-5-4-6-8-10;1-8(12-9(2)11)10-6-4-3-5-7-10/h4-9H,3H2,1-2H3;3-8H,1-2H3. The number of esters is 1. The Balaban J connectivity index is 0.000000263. The van der Waals surface area contributed by atoms with Crippen molar-refractivity contribution in [3.8, 4) is 5.75 Å². The number of benzene rings is 2. The zero-order valence-electron chi connectivity index (χ0n) is 15.7. The van der Waals surface area contributed by atoms with E-state index < -0.39 is 0 Å². The third kappa shape index (κ3) is 8.33. The van der Waals surface area contributed by atoms with Gasteiger partial charge in [-0.25, -0.2) is 4.79 Å². The molecule has 5 nitrogen and oxygen atoms in total. The van der Waals surface area contributed by atoms with Crippen LogP contribution in [0.25, 0.3) is 0 Å². The highest BCUT2D eigenvalue weighted by Crippen LogP contribution is 2.15. The van der Waals surface area contributed by atoms with Crippen LogP contribution < -0.4 is 4.89 Å². The molecule has 0 amide bonds. The molecule has 0 saturated heterocycles. The summed E-state index contributed by atoms with van der Waals surface area (Å²) in [5, 5.41) is 0. The summed E-state index contributed by atoms with van der Waals surface area (Å²) in [5.41, 5.74) is 1.02. The number of carbonyl (C=O) groups excluding carboxylic acids is 2. The topological polar surface area (TPSA) is 61.8 Å². The second kappa shape index (κ2) is 11.7. The molecule has 0 aromatic heterocycles. The Morgan fingerprint density at radius 1 is 0.923 bits per heavy atom. The average molecular weight is 358 g/mol. The van der Waals surface area contributed by atoms with Crippen LogP contribution in [0.4, 0.5) is 0 Å². The van der Waals surface area contributed by atoms with Crippen LogP contribution in [0, 0.1) is 5.92 Å². The van der Waals surface area contributed by atoms with E-state index in [9.17, 15) is 9.59 Å². The first-order valence-corrected chi connectivity index (χ1v) is 8.59. The smallest absolute Gasteiger partial charge is 0.358 e. The maximum absolute atomic E-state index is 11.2. The lowest BCUT2D eigenvalue weighted by Gasteiger charge is -2.11. The van der Waals surface area contributed by atoms with E-state index in [1.807, 2.05) is 62.4 Å². The van der Waals surface area contributed by atoms with Gasteiger partial charge in [-0.3, -0.25) is 14.6 Å². The first-order chi connectivity index (χ1) is 12.4. The van der Waals surface area contributed by atoms with Gasteiger partial charge in [0.2, 0.25) is 0 Å². The third-order valence-electron chi connectivity index (χ3n) is 3.59. The first kappa shape index (κ1) is 21.2. The quantitative estimate of drug-likeness (QED) is 0.418. The molecule has 2 aromatic rings. The molecule has 0 aliphatic carbocycles. The van der Waals surface area contributed by atoms with Crippen molar-refractivity contribution in [2.75, 3.05) is 0 Å². The number of hydrogen-bond acceptors (Lipinski definition) is 5. The third-order valence-corrected chi connectivity index (χ3v) is 3.59. The van der Waals surface area contributed by atoms with Crippen molar-refractivity contribution in [1.82, 2.24) is 0 Å². The summed E-state index contributed by atoms with van der Waals surface area (Å²) in [6.07, 6.45) is 0.598. The Kier molecular flexibility index (Phi) is 9.54. The predicted molar refractivity (Wildman–Crippen MR) is 99.2 cm³/mol. The second-order valence-corrected chi connectivity index (χ2v) is 5.77. The van der Waals surface area contributed by atoms with E-state index in [-0.39, 0.29) is 24.0 Å². The fourth-order valence-electron chi connectivity index (χ4n) is 1.86. The van der Waals surface area contributed by atoms with Crippen molar-refractivity contribution in [1.29, 1.82) is 0 Å². The summed E-state index contributed by atoms with van der Waals surface area (Å²) >= 11 is 0. The van der Waals surface area contributed by atoms with E-state index in [0.717, 1.165) is 12.0 Å². The number of para-hydroxylation sites is 1. The Hall–Kier alpha value is -2.82. The van der Waals surface area contributed by atoms with Crippen molar-refractivity contribution in [2.45, 2.75) is 40.2 Å². The minimum atomic E-state index is -0.337. The van der Waals surface area contributed by atoms with Crippen molar-refractivity contribution < 1.29 is 24.1 Å². The Labute approximate surface area is 154 Å². The second-order valence-electron chi connectivity index (χ2n) is 5.77. The van der Waals surface area contributed by atoms with Gasteiger partial charge in [-0.15, -0.1) is 0 Å². The molecular weight excluding hydrogens is 332 g/mol. The molecule has 2 unspecified atom stereocenters. The largest absolute Gasteiger partial charge is 0.458 e. The van der Waals surface area contributed by atoms with Crippen LogP contribution in [-0.4, -0.2) is 11.9 Å². The van der Waals surface area contributed by atoms with Crippen LogP contribution in [0.15, 0.2) is 60.7 Å². The zero-order chi connectivity index (χ0) is 19.4. The SMILES string of the molecule is CC(=O)OC(C)c1ccccc1.CCC(C)C(=O)OOc1ccccc1. The van der Waals surface area contributed by atoms with Gasteiger partial charge in [-0.1, -0.05) is 62.4 Å². The minimum absolute atomic E-state index is 0.126. The molecule has 0 aliphatic rings. The van der Waals surface area contributed by atoms with Crippen molar-refractivity contribution in [3.63, 3.8) is 0 Å². The Morgan fingerprint density at radius 2 is 1.46 bits per heavy atom. The minimum Gasteiger partial charge on any atom is -0.458 e. The van der Waals surface area contributed by atoms with Crippen molar-refractivity contribution in [3.05, 3.63) is 66.2 Å². The highest BCUT2D eigenvalue weighted by molar-refractivity contribution is 5.71. The summed E-state index contributed by atoms with van der Waals surface area (Å²) in [6, 6.07) is 18.6. The van der Waals surface area contributed by atoms with Gasteiger partial charge in [-0.05, 0) is 31.0 Å². The summed E-state index contributed by atoms with van der Waals surface area (Å²) in [4.78, 5) is 31.3. The number of carbonyl (C=O) groups is 2. The van der Waals surface area contributed by atoms with Crippen LogP contribution in [-0.2, 0) is 19.2 Å². The van der Waals surface area contributed by atoms with Gasteiger partial charge in [0.05, 0.1) is 5.92 Å². The molecule has 0 heterocycles. The van der Waals surface area contributed by atoms with Crippen LogP contribution in [0.3, 0.4) is 0 Å². The van der Waals surface area contributed by atoms with Gasteiger partial charge in [0.15, 0.2) is 5.75 Å². The van der Waals surface area contributed by atoms with E-state index >= 15 is 0 Å². The fraction of sp³-hybridized carbons (Fsp3) is 0.333. The Bertz CT molecular complexity index is 655. The summed E-state index contributed by atoms with van der Waals surface area (Å²) < 4.78 is 5.00. The molecule has 140 valence electrons. The van der Waals surface area contributed by atoms with Gasteiger partial charge in [0.1, 0.15) is 6.10 Å². The van der Waals surface area contributed by atoms with E-state index in [0.29, 0.717) is 5.75 Å². The van der Waals surface area contributed by atoms with Gasteiger partial charge in [-0.2, -0.15) is 0 Å². The lowest BCUT2D eigenvalue weighted by Crippen LogP contribution is -2.15. The zero-order valence-corrected chi connectivity index (χ0v) is 15.7. The first-order valence-electron chi connectivity index (χ1n) is 8.59. The van der Waals surface area contributed by atoms with Crippen LogP contribution >= 0.6 is 0 Å². The number of rotatable bonds is 6. The van der Waals surface area contributed by atoms with Crippen LogP contribution in [0.5, 0.6) is 5.75 Å². The maximum atomic E-state index is 11.2. The van der Waals surface area contributed by atoms with E-state index in [1.165, 1.54) is 6.92 Å². The van der Waals surface area contributed by atoms with Gasteiger partial charge < -0.3 is 4.74 Å². The van der Waals surface area contributed by atoms with Crippen molar-refractivity contribution >= 4 is 11.9 Å². The van der Waals surface area contributed by atoms with E-state index in [4.69, 9.17) is 9.62 Å². The van der Waals surface area contributed by atoms with Crippen LogP contribution in [0.2, 0.25) is 0 Å². The lowest BCUT2D eigenvalue weighted by molar-refractivity contribution is -0.218. The predicted octanol–water partition coefficient (Wildman–Crippen LogP) is 4.88. The molecule has 0 spiro atoms. The fourth-order valence-corrected chi connectivity index (χ4v) is 1.86. The molecule has 0 radical (unpaired) electrons. The molecule has 2 atom stereocenters. The van der Waals surface area contributed by atoms with Gasteiger partial charge >= 0.3 is 11.9 Å². The highest BCUT2D eigenvalue weighted by Gasteiger charge is 2.13. The molecule has 26 heavy (non-hydrogen) atoms. The molecule has 0 N–H and O–H groups in total. The molecule has 0 aliphatic heterocycles. The van der Waals surface area contributed by atoms with E-state index in [1.54, 1.807) is 19.1 Å².